The van der Waals surface area contributed by atoms with E-state index in [-0.39, 0.29) is 133 Å². The van der Waals surface area contributed by atoms with Crippen LogP contribution in [0.15, 0.2) is 79.1 Å². The zero-order chi connectivity index (χ0) is 55.4. The summed E-state index contributed by atoms with van der Waals surface area (Å²) in [7, 11) is -6.52. The summed E-state index contributed by atoms with van der Waals surface area (Å²) in [6.45, 7) is 3.54. The molecular formula is C58H57F4N11O6S2. The molecule has 6 fully saturated rings. The lowest BCUT2D eigenvalue weighted by atomic mass is 9.92. The van der Waals surface area contributed by atoms with Gasteiger partial charge in [-0.15, -0.1) is 0 Å². The second-order valence-corrected chi connectivity index (χ2v) is 26.8. The maximum Gasteiger partial charge on any atom is 0.319 e. The van der Waals surface area contributed by atoms with Crippen LogP contribution in [0.25, 0.3) is 65.9 Å². The van der Waals surface area contributed by atoms with Crippen LogP contribution in [-0.4, -0.2) is 137 Å². The van der Waals surface area contributed by atoms with Gasteiger partial charge in [0.1, 0.15) is 58.9 Å². The number of hydrogen-bond acceptors (Lipinski definition) is 16. The standard InChI is InChI=1S/C58H57F4N11O6S2/c59-42-12-2-8-34-7-1-10-38(45(34)42)49-47(61)51-40(27-63-49)53(65-25-33-29-80(74,75)30-33)69-56(68-51)79-32-58-19-6-23-73(58)44(15-20-58)36-13-14-43(60)46-37(36)9-3-11-39(46)50-48(62)52-41(28-64-50)54(66-26-35-16-24-81(76,77)71-35)70-55(67-52)78-31-57-17-4-21-72(57)22-5-18-57/h1-3,7-14,27-28,33,35,44,71H,4-6,15-26,29-32H2,(H,65,68,69)(H,66,67,70). The Morgan fingerprint density at radius 3 is 1.88 bits per heavy atom. The Balaban J connectivity index is 0.776. The Hall–Kier alpha value is -6.92. The van der Waals surface area contributed by atoms with E-state index >= 15 is 17.6 Å². The summed E-state index contributed by atoms with van der Waals surface area (Å²) in [5.74, 6) is -2.38. The van der Waals surface area contributed by atoms with Crippen LogP contribution in [0.1, 0.15) is 69.4 Å². The number of nitrogens with one attached hydrogen (secondary N) is 3. The van der Waals surface area contributed by atoms with Gasteiger partial charge >= 0.3 is 12.0 Å². The van der Waals surface area contributed by atoms with E-state index in [1.807, 2.05) is 6.07 Å². The lowest BCUT2D eigenvalue weighted by molar-refractivity contribution is 0.0849. The van der Waals surface area contributed by atoms with Crippen LogP contribution in [0.3, 0.4) is 0 Å². The van der Waals surface area contributed by atoms with E-state index in [1.54, 1.807) is 48.5 Å². The van der Waals surface area contributed by atoms with Crippen molar-refractivity contribution in [2.75, 3.05) is 73.8 Å². The molecule has 3 unspecified atom stereocenters. The van der Waals surface area contributed by atoms with Gasteiger partial charge in [0.05, 0.1) is 39.1 Å². The number of hydrogen-bond donors (Lipinski definition) is 3. The van der Waals surface area contributed by atoms with Gasteiger partial charge in [-0.2, -0.15) is 19.9 Å². The minimum atomic E-state index is -3.40. The summed E-state index contributed by atoms with van der Waals surface area (Å²) >= 11 is 0. The van der Waals surface area contributed by atoms with Crippen molar-refractivity contribution in [2.24, 2.45) is 5.92 Å². The van der Waals surface area contributed by atoms with Crippen molar-refractivity contribution < 1.29 is 43.9 Å². The molecule has 0 spiro atoms. The minimum absolute atomic E-state index is 0.00210. The molecule has 3 atom stereocenters. The highest BCUT2D eigenvalue weighted by Crippen LogP contribution is 2.51. The van der Waals surface area contributed by atoms with Crippen LogP contribution in [0.2, 0.25) is 0 Å². The van der Waals surface area contributed by atoms with Crippen molar-refractivity contribution in [3.8, 4) is 34.5 Å². The van der Waals surface area contributed by atoms with E-state index < -0.39 is 54.7 Å². The van der Waals surface area contributed by atoms with Gasteiger partial charge in [-0.3, -0.25) is 19.8 Å². The zero-order valence-corrected chi connectivity index (χ0v) is 45.7. The van der Waals surface area contributed by atoms with Gasteiger partial charge in [-0.05, 0) is 106 Å². The Bertz CT molecular complexity index is 4100. The van der Waals surface area contributed by atoms with Gasteiger partial charge in [-0.1, -0.05) is 54.6 Å². The topological polar surface area (TPSA) is 207 Å². The molecule has 0 amide bonds. The summed E-state index contributed by atoms with van der Waals surface area (Å²) in [4.78, 5) is 32.6. The number of sulfone groups is 1. The predicted octanol–water partition coefficient (Wildman–Crippen LogP) is 8.88. The van der Waals surface area contributed by atoms with E-state index in [4.69, 9.17) is 14.5 Å². The number of halogens is 4. The maximum atomic E-state index is 17.5. The number of anilines is 2. The largest absolute Gasteiger partial charge is 0.461 e. The van der Waals surface area contributed by atoms with Crippen molar-refractivity contribution in [3.63, 3.8) is 0 Å². The molecule has 420 valence electrons. The van der Waals surface area contributed by atoms with Crippen LogP contribution < -0.4 is 24.8 Å². The molecule has 4 aromatic heterocycles. The summed E-state index contributed by atoms with van der Waals surface area (Å²) in [5.41, 5.74) is 0.251. The van der Waals surface area contributed by atoms with Crippen LogP contribution in [0.5, 0.6) is 12.0 Å². The second kappa shape index (κ2) is 19.9. The lowest BCUT2D eigenvalue weighted by Gasteiger charge is -2.35. The maximum absolute atomic E-state index is 17.5. The first-order valence-corrected chi connectivity index (χ1v) is 31.2. The zero-order valence-electron chi connectivity index (χ0n) is 44.0. The average molecular weight is 1140 g/mol. The molecule has 6 aliphatic rings. The Labute approximate surface area is 464 Å². The molecule has 3 N–H and O–H groups in total. The minimum Gasteiger partial charge on any atom is -0.461 e. The van der Waals surface area contributed by atoms with Crippen LogP contribution in [0.4, 0.5) is 29.2 Å². The summed E-state index contributed by atoms with van der Waals surface area (Å²) in [6.07, 6.45) is 10.3. The molecule has 0 saturated carbocycles. The fraction of sp³-hybridized carbons (Fsp3) is 0.414. The van der Waals surface area contributed by atoms with Crippen molar-refractivity contribution in [1.29, 1.82) is 0 Å². The molecule has 17 nitrogen and oxygen atoms in total. The first-order chi connectivity index (χ1) is 39.1. The number of fused-ring (bicyclic) bond motifs is 6. The molecular weight excluding hydrogens is 1090 g/mol. The number of pyridine rings is 2. The summed E-state index contributed by atoms with van der Waals surface area (Å²) in [5, 5.41) is 8.50. The number of rotatable bonds is 15. The number of sulfonamides is 1. The van der Waals surface area contributed by atoms with Crippen LogP contribution >= 0.6 is 0 Å². The molecule has 14 rings (SSSR count). The Kier molecular flexibility index (Phi) is 12.8. The highest BCUT2D eigenvalue weighted by Gasteiger charge is 2.51. The third-order valence-corrected chi connectivity index (χ3v) is 21.3. The third kappa shape index (κ3) is 9.22. The van der Waals surface area contributed by atoms with E-state index in [1.165, 1.54) is 24.5 Å². The van der Waals surface area contributed by atoms with Gasteiger partial charge in [0.15, 0.2) is 21.5 Å². The number of ether oxygens (including phenoxy) is 2. The monoisotopic (exact) mass is 1140 g/mol. The Morgan fingerprint density at radius 2 is 1.22 bits per heavy atom. The third-order valence-electron chi connectivity index (χ3n) is 17.9. The molecule has 4 aromatic carbocycles. The molecule has 0 bridgehead atoms. The molecule has 0 radical (unpaired) electrons. The van der Waals surface area contributed by atoms with E-state index in [2.05, 4.69) is 50.1 Å². The SMILES string of the molecule is O=S1(=O)CC(CNc2nc(OCC34CCCN3C(c3ccc(F)c5c(-c6ncc7c(NCC8CCS(=O)(=O)N8)nc(OCC89CCCN8CCC9)nc7c6F)cccc35)CC4)nc3c(F)c(-c4cccc5cccc(F)c45)ncc23)C1. The second-order valence-electron chi connectivity index (χ2n) is 22.8. The number of benzene rings is 4. The summed E-state index contributed by atoms with van der Waals surface area (Å²) in [6, 6.07) is 17.4. The number of aromatic nitrogens is 6. The van der Waals surface area contributed by atoms with Crippen molar-refractivity contribution >= 4 is 74.8 Å². The van der Waals surface area contributed by atoms with Gasteiger partial charge in [0, 0.05) is 65.4 Å². The van der Waals surface area contributed by atoms with Gasteiger partial charge in [0.25, 0.3) is 0 Å². The molecule has 6 saturated heterocycles. The fourth-order valence-electron chi connectivity index (χ4n) is 14.0. The molecule has 0 aliphatic carbocycles. The number of nitrogens with zero attached hydrogens (tertiary/aromatic N) is 8. The fourth-order valence-corrected chi connectivity index (χ4v) is 17.0. The van der Waals surface area contributed by atoms with E-state index in [0.717, 1.165) is 57.2 Å². The summed E-state index contributed by atoms with van der Waals surface area (Å²) < 4.78 is 131. The van der Waals surface area contributed by atoms with Gasteiger partial charge < -0.3 is 20.1 Å². The first kappa shape index (κ1) is 52.2. The van der Waals surface area contributed by atoms with E-state index in [0.29, 0.717) is 43.2 Å². The van der Waals surface area contributed by atoms with Crippen molar-refractivity contribution in [1.82, 2.24) is 44.4 Å². The molecule has 8 aromatic rings. The van der Waals surface area contributed by atoms with E-state index in [9.17, 15) is 16.8 Å². The average Bonchev–Trinajstić information content (AvgIpc) is 4.39. The van der Waals surface area contributed by atoms with Crippen molar-refractivity contribution in [2.45, 2.75) is 80.9 Å². The Morgan fingerprint density at radius 1 is 0.630 bits per heavy atom. The first-order valence-electron chi connectivity index (χ1n) is 27.7. The highest BCUT2D eigenvalue weighted by atomic mass is 32.2. The van der Waals surface area contributed by atoms with Crippen LogP contribution in [0, 0.1) is 29.2 Å². The normalized spacial score (nSPS) is 23.1. The quantitative estimate of drug-likeness (QED) is 0.0820. The molecule has 23 heteroatoms. The predicted molar refractivity (Wildman–Crippen MR) is 299 cm³/mol. The van der Waals surface area contributed by atoms with Crippen molar-refractivity contribution in [3.05, 3.63) is 108 Å². The molecule has 6 aliphatic heterocycles. The molecule has 81 heavy (non-hydrogen) atoms. The molecule has 10 heterocycles. The highest BCUT2D eigenvalue weighted by molar-refractivity contribution is 7.92. The van der Waals surface area contributed by atoms with Crippen LogP contribution in [-0.2, 0) is 19.9 Å². The van der Waals surface area contributed by atoms with Gasteiger partial charge in [0.2, 0.25) is 10.0 Å². The smallest absolute Gasteiger partial charge is 0.319 e. The van der Waals surface area contributed by atoms with Gasteiger partial charge in [-0.25, -0.2) is 39.1 Å². The lowest BCUT2D eigenvalue weighted by Crippen LogP contribution is -2.44.